The second kappa shape index (κ2) is 8.08. The topological polar surface area (TPSA) is 66.1 Å². The molecule has 0 saturated carbocycles. The summed E-state index contributed by atoms with van der Waals surface area (Å²) in [4.78, 5) is 14.9. The van der Waals surface area contributed by atoms with Crippen molar-refractivity contribution in [2.45, 2.75) is 20.4 Å². The number of anilines is 2. The van der Waals surface area contributed by atoms with Gasteiger partial charge in [0.15, 0.2) is 0 Å². The standard InChI is InChI=1S/C21H24FN5O/c1-14-19(13-27-9-11-28-12-10-27)24-15(2)20(14)18-7-8-23-21(26-18)25-17-5-3-16(22)4-6-17/h3-8,24H,9-13H2,1-2H3,(H,23,25,26). The van der Waals surface area contributed by atoms with E-state index in [1.807, 2.05) is 6.07 Å². The Morgan fingerprint density at radius 1 is 1.14 bits per heavy atom. The molecular formula is C21H24FN5O. The molecule has 7 heteroatoms. The number of hydrogen-bond donors (Lipinski definition) is 2. The van der Waals surface area contributed by atoms with Gasteiger partial charge in [0.2, 0.25) is 5.95 Å². The van der Waals surface area contributed by atoms with Crippen molar-refractivity contribution in [3.05, 3.63) is 59.3 Å². The van der Waals surface area contributed by atoms with Gasteiger partial charge in [-0.1, -0.05) is 0 Å². The van der Waals surface area contributed by atoms with Crippen molar-refractivity contribution in [2.24, 2.45) is 0 Å². The number of hydrogen-bond acceptors (Lipinski definition) is 5. The first-order valence-electron chi connectivity index (χ1n) is 9.44. The Bertz CT molecular complexity index is 948. The highest BCUT2D eigenvalue weighted by molar-refractivity contribution is 5.69. The summed E-state index contributed by atoms with van der Waals surface area (Å²) in [6, 6.07) is 8.06. The summed E-state index contributed by atoms with van der Waals surface area (Å²) >= 11 is 0. The molecule has 6 nitrogen and oxygen atoms in total. The molecule has 0 atom stereocenters. The SMILES string of the molecule is Cc1[nH]c(CN2CCOCC2)c(C)c1-c1ccnc(Nc2ccc(F)cc2)n1. The Balaban J connectivity index is 1.57. The maximum atomic E-state index is 13.1. The van der Waals surface area contributed by atoms with Gasteiger partial charge >= 0.3 is 0 Å². The lowest BCUT2D eigenvalue weighted by Crippen LogP contribution is -2.35. The van der Waals surface area contributed by atoms with Crippen molar-refractivity contribution >= 4 is 11.6 Å². The molecule has 3 heterocycles. The quantitative estimate of drug-likeness (QED) is 0.704. The van der Waals surface area contributed by atoms with E-state index >= 15 is 0 Å². The zero-order chi connectivity index (χ0) is 19.5. The van der Waals surface area contributed by atoms with Gasteiger partial charge in [-0.25, -0.2) is 14.4 Å². The average Bonchev–Trinajstić information content (AvgIpc) is 2.98. The lowest BCUT2D eigenvalue weighted by molar-refractivity contribution is 0.0336. The van der Waals surface area contributed by atoms with Crippen LogP contribution in [0.4, 0.5) is 16.0 Å². The highest BCUT2D eigenvalue weighted by Crippen LogP contribution is 2.29. The summed E-state index contributed by atoms with van der Waals surface area (Å²) in [7, 11) is 0. The zero-order valence-corrected chi connectivity index (χ0v) is 16.1. The van der Waals surface area contributed by atoms with Crippen molar-refractivity contribution in [1.29, 1.82) is 0 Å². The Morgan fingerprint density at radius 3 is 2.64 bits per heavy atom. The number of aromatic nitrogens is 3. The monoisotopic (exact) mass is 381 g/mol. The van der Waals surface area contributed by atoms with Crippen LogP contribution in [0.3, 0.4) is 0 Å². The van der Waals surface area contributed by atoms with Crippen LogP contribution in [0.25, 0.3) is 11.3 Å². The molecule has 0 radical (unpaired) electrons. The molecule has 1 aromatic carbocycles. The molecule has 0 amide bonds. The first kappa shape index (κ1) is 18.6. The number of nitrogens with one attached hydrogen (secondary N) is 2. The summed E-state index contributed by atoms with van der Waals surface area (Å²) < 4.78 is 18.5. The summed E-state index contributed by atoms with van der Waals surface area (Å²) in [5.74, 6) is 0.213. The number of morpholine rings is 1. The molecule has 0 spiro atoms. The van der Waals surface area contributed by atoms with E-state index in [0.29, 0.717) is 5.95 Å². The van der Waals surface area contributed by atoms with E-state index in [-0.39, 0.29) is 5.82 Å². The minimum atomic E-state index is -0.272. The Labute approximate surface area is 163 Å². The highest BCUT2D eigenvalue weighted by atomic mass is 19.1. The lowest BCUT2D eigenvalue weighted by atomic mass is 10.1. The number of halogens is 1. The fourth-order valence-corrected chi connectivity index (χ4v) is 3.56. The van der Waals surface area contributed by atoms with E-state index in [4.69, 9.17) is 4.74 Å². The number of ether oxygens (including phenoxy) is 1. The summed E-state index contributed by atoms with van der Waals surface area (Å²) in [6.07, 6.45) is 1.74. The third-order valence-corrected chi connectivity index (χ3v) is 5.04. The number of aryl methyl sites for hydroxylation is 1. The van der Waals surface area contributed by atoms with Crippen molar-refractivity contribution < 1.29 is 9.13 Å². The van der Waals surface area contributed by atoms with Crippen LogP contribution in [0, 0.1) is 19.7 Å². The second-order valence-electron chi connectivity index (χ2n) is 7.01. The molecular weight excluding hydrogens is 357 g/mol. The van der Waals surface area contributed by atoms with Gasteiger partial charge in [0.05, 0.1) is 18.9 Å². The Morgan fingerprint density at radius 2 is 1.89 bits per heavy atom. The fraction of sp³-hybridized carbons (Fsp3) is 0.333. The number of benzene rings is 1. The minimum Gasteiger partial charge on any atom is -0.379 e. The van der Waals surface area contributed by atoms with Gasteiger partial charge in [0.1, 0.15) is 5.82 Å². The van der Waals surface area contributed by atoms with E-state index < -0.39 is 0 Å². The largest absolute Gasteiger partial charge is 0.379 e. The van der Waals surface area contributed by atoms with E-state index in [1.165, 1.54) is 23.4 Å². The molecule has 0 bridgehead atoms. The minimum absolute atomic E-state index is 0.272. The van der Waals surface area contributed by atoms with E-state index in [0.717, 1.165) is 55.5 Å². The molecule has 0 unspecified atom stereocenters. The predicted molar refractivity (Wildman–Crippen MR) is 107 cm³/mol. The van der Waals surface area contributed by atoms with Crippen molar-refractivity contribution in [3.8, 4) is 11.3 Å². The van der Waals surface area contributed by atoms with Crippen LogP contribution in [0.2, 0.25) is 0 Å². The normalized spacial score (nSPS) is 15.0. The van der Waals surface area contributed by atoms with Crippen LogP contribution < -0.4 is 5.32 Å². The molecule has 28 heavy (non-hydrogen) atoms. The number of H-pyrrole nitrogens is 1. The molecule has 0 aliphatic carbocycles. The highest BCUT2D eigenvalue weighted by Gasteiger charge is 2.18. The van der Waals surface area contributed by atoms with Gasteiger partial charge < -0.3 is 15.0 Å². The zero-order valence-electron chi connectivity index (χ0n) is 16.1. The summed E-state index contributed by atoms with van der Waals surface area (Å²) in [6.45, 7) is 8.55. The molecule has 146 valence electrons. The smallest absolute Gasteiger partial charge is 0.227 e. The van der Waals surface area contributed by atoms with Gasteiger partial charge in [-0.3, -0.25) is 4.90 Å². The van der Waals surface area contributed by atoms with Crippen LogP contribution in [-0.2, 0) is 11.3 Å². The van der Waals surface area contributed by atoms with E-state index in [9.17, 15) is 4.39 Å². The maximum absolute atomic E-state index is 13.1. The van der Waals surface area contributed by atoms with Crippen molar-refractivity contribution in [1.82, 2.24) is 19.9 Å². The third-order valence-electron chi connectivity index (χ3n) is 5.04. The molecule has 1 aliphatic rings. The van der Waals surface area contributed by atoms with Gasteiger partial charge in [-0.05, 0) is 49.7 Å². The van der Waals surface area contributed by atoms with Crippen LogP contribution in [0.15, 0.2) is 36.5 Å². The van der Waals surface area contributed by atoms with Gasteiger partial charge in [-0.15, -0.1) is 0 Å². The molecule has 3 aromatic rings. The van der Waals surface area contributed by atoms with Crippen LogP contribution >= 0.6 is 0 Å². The number of nitrogens with zero attached hydrogens (tertiary/aromatic N) is 3. The lowest BCUT2D eigenvalue weighted by Gasteiger charge is -2.26. The maximum Gasteiger partial charge on any atom is 0.227 e. The summed E-state index contributed by atoms with van der Waals surface area (Å²) in [5.41, 5.74) is 6.21. The first-order chi connectivity index (χ1) is 13.6. The molecule has 2 aromatic heterocycles. The molecule has 2 N–H and O–H groups in total. The first-order valence-corrected chi connectivity index (χ1v) is 9.44. The average molecular weight is 381 g/mol. The number of aromatic amines is 1. The van der Waals surface area contributed by atoms with Crippen LogP contribution in [0.1, 0.15) is 17.0 Å². The van der Waals surface area contributed by atoms with Gasteiger partial charge in [0.25, 0.3) is 0 Å². The van der Waals surface area contributed by atoms with E-state index in [1.54, 1.807) is 18.3 Å². The molecule has 1 saturated heterocycles. The Kier molecular flexibility index (Phi) is 5.36. The van der Waals surface area contributed by atoms with Crippen molar-refractivity contribution in [2.75, 3.05) is 31.6 Å². The van der Waals surface area contributed by atoms with Crippen LogP contribution in [-0.4, -0.2) is 46.2 Å². The van der Waals surface area contributed by atoms with Crippen molar-refractivity contribution in [3.63, 3.8) is 0 Å². The predicted octanol–water partition coefficient (Wildman–Crippen LogP) is 3.80. The van der Waals surface area contributed by atoms with Gasteiger partial charge in [-0.2, -0.15) is 0 Å². The fourth-order valence-electron chi connectivity index (χ4n) is 3.56. The number of rotatable bonds is 5. The summed E-state index contributed by atoms with van der Waals surface area (Å²) in [5, 5.41) is 3.13. The molecule has 1 aliphatic heterocycles. The third kappa shape index (κ3) is 4.05. The molecule has 1 fully saturated rings. The van der Waals surface area contributed by atoms with E-state index in [2.05, 4.69) is 39.0 Å². The Hall–Kier alpha value is -2.77. The second-order valence-corrected chi connectivity index (χ2v) is 7.01. The molecule has 4 rings (SSSR count). The van der Waals surface area contributed by atoms with Gasteiger partial charge in [0, 0.05) is 48.5 Å². The van der Waals surface area contributed by atoms with Crippen LogP contribution in [0.5, 0.6) is 0 Å².